The van der Waals surface area contributed by atoms with Gasteiger partial charge in [-0.25, -0.2) is 0 Å². The Morgan fingerprint density at radius 3 is 3.05 bits per heavy atom. The number of nitrogens with zero attached hydrogens (tertiary/aromatic N) is 2. The molecular formula is C13H12ClN3O4S. The molecule has 1 aromatic rings. The monoisotopic (exact) mass is 341 g/mol. The predicted octanol–water partition coefficient (Wildman–Crippen LogP) is 1.74. The maximum Gasteiger partial charge on any atom is 0.305 e. The fourth-order valence-electron chi connectivity index (χ4n) is 1.65. The second kappa shape index (κ2) is 7.28. The number of hydrogen-bond donors (Lipinski definition) is 2. The van der Waals surface area contributed by atoms with E-state index < -0.39 is 11.2 Å². The van der Waals surface area contributed by atoms with Crippen molar-refractivity contribution in [3.05, 3.63) is 28.8 Å². The third-order valence-electron chi connectivity index (χ3n) is 2.67. The summed E-state index contributed by atoms with van der Waals surface area (Å²) in [6.07, 6.45) is 1.22. The number of carbonyl (C=O) groups is 2. The molecule has 1 atom stereocenters. The van der Waals surface area contributed by atoms with Gasteiger partial charge in [-0.3, -0.25) is 9.59 Å². The topological polar surface area (TPSA) is 100 Å². The van der Waals surface area contributed by atoms with Crippen molar-refractivity contribution >= 4 is 46.6 Å². The van der Waals surface area contributed by atoms with Crippen LogP contribution in [0.3, 0.4) is 0 Å². The summed E-state index contributed by atoms with van der Waals surface area (Å²) in [5.41, 5.74) is 0.724. The Morgan fingerprint density at radius 1 is 1.59 bits per heavy atom. The lowest BCUT2D eigenvalue weighted by Gasteiger charge is -2.02. The fraction of sp³-hybridized carbons (Fsp3) is 0.231. The van der Waals surface area contributed by atoms with Gasteiger partial charge in [0.15, 0.2) is 5.17 Å². The van der Waals surface area contributed by atoms with Gasteiger partial charge in [0, 0.05) is 0 Å². The number of methoxy groups -OCH3 is 1. The summed E-state index contributed by atoms with van der Waals surface area (Å²) in [7, 11) is 1.51. The van der Waals surface area contributed by atoms with Crippen molar-refractivity contribution in [1.82, 2.24) is 5.32 Å². The average Bonchev–Trinajstić information content (AvgIpc) is 2.80. The van der Waals surface area contributed by atoms with Crippen LogP contribution in [-0.4, -0.2) is 40.7 Å². The minimum absolute atomic E-state index is 0.256. The number of thioether (sulfide) groups is 1. The smallest absolute Gasteiger partial charge is 0.305 e. The van der Waals surface area contributed by atoms with Gasteiger partial charge in [-0.2, -0.15) is 5.10 Å². The minimum Gasteiger partial charge on any atom is -0.495 e. The zero-order valence-electron chi connectivity index (χ0n) is 11.4. The Hall–Kier alpha value is -2.06. The number of amidine groups is 1. The highest BCUT2D eigenvalue weighted by atomic mass is 35.5. The van der Waals surface area contributed by atoms with Crippen LogP contribution < -0.4 is 10.1 Å². The van der Waals surface area contributed by atoms with Gasteiger partial charge < -0.3 is 15.2 Å². The zero-order valence-corrected chi connectivity index (χ0v) is 13.0. The first-order chi connectivity index (χ1) is 10.5. The molecule has 1 heterocycles. The molecule has 22 heavy (non-hydrogen) atoms. The minimum atomic E-state index is -1.04. The van der Waals surface area contributed by atoms with Gasteiger partial charge in [0.1, 0.15) is 11.0 Å². The number of nitrogens with one attached hydrogen (secondary N) is 1. The maximum atomic E-state index is 11.5. The first kappa shape index (κ1) is 16.3. The van der Waals surface area contributed by atoms with Crippen molar-refractivity contribution < 1.29 is 19.4 Å². The summed E-state index contributed by atoms with van der Waals surface area (Å²) >= 11 is 6.95. The Labute approximate surface area is 135 Å². The molecule has 1 aliphatic rings. The van der Waals surface area contributed by atoms with E-state index in [-0.39, 0.29) is 17.5 Å². The van der Waals surface area contributed by atoms with Crippen molar-refractivity contribution in [2.24, 2.45) is 10.2 Å². The van der Waals surface area contributed by atoms with Crippen LogP contribution in [0.5, 0.6) is 5.75 Å². The lowest BCUT2D eigenvalue weighted by molar-refractivity contribution is -0.138. The first-order valence-electron chi connectivity index (χ1n) is 6.13. The van der Waals surface area contributed by atoms with Crippen LogP contribution in [0.2, 0.25) is 5.02 Å². The number of benzene rings is 1. The number of halogens is 1. The molecule has 2 N–H and O–H groups in total. The molecule has 1 amide bonds. The number of carboxylic acid groups (broad SMARTS) is 1. The van der Waals surface area contributed by atoms with Crippen molar-refractivity contribution in [3.63, 3.8) is 0 Å². The molecule has 0 radical (unpaired) electrons. The van der Waals surface area contributed by atoms with Crippen LogP contribution >= 0.6 is 23.4 Å². The van der Waals surface area contributed by atoms with E-state index >= 15 is 0 Å². The molecule has 0 bridgehead atoms. The number of hydrogen-bond acceptors (Lipinski definition) is 6. The first-order valence-corrected chi connectivity index (χ1v) is 7.39. The van der Waals surface area contributed by atoms with Crippen LogP contribution in [0.25, 0.3) is 0 Å². The number of aliphatic carboxylic acids is 1. The summed E-state index contributed by atoms with van der Waals surface area (Å²) in [5.74, 6) is -0.900. The van der Waals surface area contributed by atoms with E-state index in [9.17, 15) is 9.59 Å². The van der Waals surface area contributed by atoms with Crippen LogP contribution in [0.15, 0.2) is 28.4 Å². The van der Waals surface area contributed by atoms with E-state index in [1.807, 2.05) is 0 Å². The van der Waals surface area contributed by atoms with Crippen molar-refractivity contribution in [2.45, 2.75) is 11.7 Å². The summed E-state index contributed by atoms with van der Waals surface area (Å²) in [6, 6.07) is 5.10. The van der Waals surface area contributed by atoms with Crippen molar-refractivity contribution in [3.8, 4) is 5.75 Å². The van der Waals surface area contributed by atoms with E-state index in [1.165, 1.54) is 13.3 Å². The largest absolute Gasteiger partial charge is 0.495 e. The Morgan fingerprint density at radius 2 is 2.36 bits per heavy atom. The molecule has 0 aromatic heterocycles. The number of carboxylic acids is 1. The number of ether oxygens (including phenoxy) is 1. The SMILES string of the molecule is COc1cc(C=NN=C2NC(=O)C(CC(=O)O)S2)ccc1Cl. The summed E-state index contributed by atoms with van der Waals surface area (Å²) in [6.45, 7) is 0. The zero-order chi connectivity index (χ0) is 16.1. The lowest BCUT2D eigenvalue weighted by atomic mass is 10.2. The van der Waals surface area contributed by atoms with Gasteiger partial charge in [0.05, 0.1) is 24.8 Å². The highest BCUT2D eigenvalue weighted by molar-refractivity contribution is 8.15. The van der Waals surface area contributed by atoms with Gasteiger partial charge in [-0.1, -0.05) is 29.4 Å². The van der Waals surface area contributed by atoms with Gasteiger partial charge in [0.2, 0.25) is 5.91 Å². The van der Waals surface area contributed by atoms with Crippen molar-refractivity contribution in [2.75, 3.05) is 7.11 Å². The number of carbonyl (C=O) groups excluding carboxylic acids is 1. The number of rotatable bonds is 5. The quantitative estimate of drug-likeness (QED) is 0.627. The Bertz CT molecular complexity index is 663. The van der Waals surface area contributed by atoms with E-state index in [0.717, 1.165) is 17.3 Å². The average molecular weight is 342 g/mol. The molecule has 0 aliphatic carbocycles. The van der Waals surface area contributed by atoms with Gasteiger partial charge in [-0.05, 0) is 17.7 Å². The second-order valence-electron chi connectivity index (χ2n) is 4.24. The molecule has 7 nitrogen and oxygen atoms in total. The van der Waals surface area contributed by atoms with Crippen LogP contribution in [-0.2, 0) is 9.59 Å². The maximum absolute atomic E-state index is 11.5. The molecule has 116 valence electrons. The van der Waals surface area contributed by atoms with Gasteiger partial charge in [0.25, 0.3) is 0 Å². The molecule has 1 aliphatic heterocycles. The summed E-state index contributed by atoms with van der Waals surface area (Å²) in [5, 5.41) is 19.0. The van der Waals surface area contributed by atoms with Gasteiger partial charge >= 0.3 is 5.97 Å². The molecular weight excluding hydrogens is 330 g/mol. The van der Waals surface area contributed by atoms with Crippen LogP contribution in [0, 0.1) is 0 Å². The summed E-state index contributed by atoms with van der Waals surface area (Å²) < 4.78 is 5.08. The molecule has 1 fully saturated rings. The highest BCUT2D eigenvalue weighted by Gasteiger charge is 2.32. The molecule has 2 rings (SSSR count). The van der Waals surface area contributed by atoms with E-state index in [2.05, 4.69) is 15.5 Å². The Balaban J connectivity index is 2.03. The second-order valence-corrected chi connectivity index (χ2v) is 5.84. The van der Waals surface area contributed by atoms with E-state index in [4.69, 9.17) is 21.4 Å². The normalized spacial score (nSPS) is 19.6. The van der Waals surface area contributed by atoms with E-state index in [1.54, 1.807) is 18.2 Å². The molecule has 0 spiro atoms. The van der Waals surface area contributed by atoms with E-state index in [0.29, 0.717) is 10.8 Å². The predicted molar refractivity (Wildman–Crippen MR) is 84.8 cm³/mol. The molecule has 1 aromatic carbocycles. The molecule has 1 saturated heterocycles. The molecule has 1 unspecified atom stereocenters. The highest BCUT2D eigenvalue weighted by Crippen LogP contribution is 2.24. The van der Waals surface area contributed by atoms with Crippen LogP contribution in [0.4, 0.5) is 0 Å². The number of amides is 1. The molecule has 9 heteroatoms. The Kier molecular flexibility index (Phi) is 5.40. The van der Waals surface area contributed by atoms with Crippen molar-refractivity contribution in [1.29, 1.82) is 0 Å². The standard InChI is InChI=1S/C13H12ClN3O4S/c1-21-9-4-7(2-3-8(9)14)6-15-17-13-16-12(20)10(22-13)5-11(18)19/h2-4,6,10H,5H2,1H3,(H,18,19)(H,16,17,20). The lowest BCUT2D eigenvalue weighted by Crippen LogP contribution is -2.26. The summed E-state index contributed by atoms with van der Waals surface area (Å²) in [4.78, 5) is 22.1. The molecule has 0 saturated carbocycles. The van der Waals surface area contributed by atoms with Crippen LogP contribution in [0.1, 0.15) is 12.0 Å². The third-order valence-corrected chi connectivity index (χ3v) is 4.05. The fourth-order valence-corrected chi connectivity index (χ4v) is 2.76. The van der Waals surface area contributed by atoms with Gasteiger partial charge in [-0.15, -0.1) is 5.10 Å². The third kappa shape index (κ3) is 4.22.